The van der Waals surface area contributed by atoms with E-state index in [0.717, 1.165) is 5.56 Å². The molecular weight excluding hydrogens is 162 g/mol. The van der Waals surface area contributed by atoms with E-state index >= 15 is 0 Å². The van der Waals surface area contributed by atoms with Gasteiger partial charge in [0.15, 0.2) is 0 Å². The molecule has 0 bridgehead atoms. The van der Waals surface area contributed by atoms with Crippen LogP contribution in [-0.4, -0.2) is 16.3 Å². The van der Waals surface area contributed by atoms with Crippen molar-refractivity contribution < 1.29 is 5.21 Å². The minimum absolute atomic E-state index is 0.0137. The molecule has 1 aromatic carbocycles. The van der Waals surface area contributed by atoms with Crippen molar-refractivity contribution in [1.29, 1.82) is 0 Å². The minimum Gasteiger partial charge on any atom is -0.313 e. The topological polar surface area (TPSA) is 23.5 Å². The zero-order chi connectivity index (χ0) is 9.68. The first kappa shape index (κ1) is 9.96. The van der Waals surface area contributed by atoms with Gasteiger partial charge in [-0.05, 0) is 12.5 Å². The molecule has 0 spiro atoms. The van der Waals surface area contributed by atoms with Crippen LogP contribution in [0.5, 0.6) is 0 Å². The molecule has 0 aromatic heterocycles. The van der Waals surface area contributed by atoms with Crippen molar-refractivity contribution in [3.05, 3.63) is 48.6 Å². The SMILES string of the molecule is C=C[C@H](C)N(O)Cc1ccccc1. The van der Waals surface area contributed by atoms with E-state index in [2.05, 4.69) is 6.58 Å². The summed E-state index contributed by atoms with van der Waals surface area (Å²) in [6.07, 6.45) is 1.71. The second kappa shape index (κ2) is 4.80. The predicted molar refractivity (Wildman–Crippen MR) is 53.4 cm³/mol. The Hall–Kier alpha value is -1.12. The Bertz CT molecular complexity index is 258. The average Bonchev–Trinajstić information content (AvgIpc) is 2.18. The van der Waals surface area contributed by atoms with Gasteiger partial charge in [0.25, 0.3) is 0 Å². The molecule has 1 aromatic rings. The molecule has 0 aliphatic rings. The van der Waals surface area contributed by atoms with E-state index in [-0.39, 0.29) is 6.04 Å². The number of hydroxylamine groups is 2. The molecule has 0 saturated heterocycles. The van der Waals surface area contributed by atoms with E-state index < -0.39 is 0 Å². The zero-order valence-corrected chi connectivity index (χ0v) is 7.85. The summed E-state index contributed by atoms with van der Waals surface area (Å²) < 4.78 is 0. The second-order valence-electron chi connectivity index (χ2n) is 3.06. The number of nitrogens with zero attached hydrogens (tertiary/aromatic N) is 1. The lowest BCUT2D eigenvalue weighted by molar-refractivity contribution is -0.117. The first-order valence-corrected chi connectivity index (χ1v) is 4.36. The van der Waals surface area contributed by atoms with Gasteiger partial charge in [0, 0.05) is 6.54 Å². The van der Waals surface area contributed by atoms with Gasteiger partial charge in [-0.25, -0.2) is 0 Å². The Labute approximate surface area is 79.1 Å². The molecular formula is C11H15NO. The Balaban J connectivity index is 2.54. The van der Waals surface area contributed by atoms with Gasteiger partial charge in [0.05, 0.1) is 6.04 Å². The second-order valence-corrected chi connectivity index (χ2v) is 3.06. The molecule has 70 valence electrons. The third-order valence-electron chi connectivity index (χ3n) is 2.00. The van der Waals surface area contributed by atoms with Gasteiger partial charge < -0.3 is 5.21 Å². The number of rotatable bonds is 4. The van der Waals surface area contributed by atoms with E-state index in [0.29, 0.717) is 6.54 Å². The van der Waals surface area contributed by atoms with Crippen LogP contribution in [0.2, 0.25) is 0 Å². The molecule has 0 saturated carbocycles. The minimum atomic E-state index is -0.0137. The van der Waals surface area contributed by atoms with E-state index in [9.17, 15) is 5.21 Å². The highest BCUT2D eigenvalue weighted by atomic mass is 16.5. The molecule has 0 heterocycles. The summed E-state index contributed by atoms with van der Waals surface area (Å²) in [4.78, 5) is 0. The van der Waals surface area contributed by atoms with Crippen molar-refractivity contribution in [2.24, 2.45) is 0 Å². The summed E-state index contributed by atoms with van der Waals surface area (Å²) in [7, 11) is 0. The summed E-state index contributed by atoms with van der Waals surface area (Å²) in [6.45, 7) is 6.06. The maximum atomic E-state index is 9.53. The maximum absolute atomic E-state index is 9.53. The Kier molecular flexibility index (Phi) is 3.68. The highest BCUT2D eigenvalue weighted by molar-refractivity contribution is 5.14. The van der Waals surface area contributed by atoms with Gasteiger partial charge in [0.2, 0.25) is 0 Å². The van der Waals surface area contributed by atoms with E-state index in [1.807, 2.05) is 37.3 Å². The summed E-state index contributed by atoms with van der Waals surface area (Å²) in [5.74, 6) is 0. The van der Waals surface area contributed by atoms with E-state index in [1.165, 1.54) is 5.06 Å². The monoisotopic (exact) mass is 177 g/mol. The third kappa shape index (κ3) is 3.01. The molecule has 0 aliphatic carbocycles. The van der Waals surface area contributed by atoms with Crippen LogP contribution in [0.1, 0.15) is 12.5 Å². The normalized spacial score (nSPS) is 12.8. The highest BCUT2D eigenvalue weighted by Gasteiger charge is 2.06. The Morgan fingerprint density at radius 2 is 2.08 bits per heavy atom. The van der Waals surface area contributed by atoms with Crippen LogP contribution < -0.4 is 0 Å². The van der Waals surface area contributed by atoms with Crippen LogP contribution in [0.15, 0.2) is 43.0 Å². The van der Waals surface area contributed by atoms with Crippen LogP contribution in [0, 0.1) is 0 Å². The van der Waals surface area contributed by atoms with Gasteiger partial charge in [-0.15, -0.1) is 6.58 Å². The number of hydrogen-bond donors (Lipinski definition) is 1. The summed E-state index contributed by atoms with van der Waals surface area (Å²) >= 11 is 0. The highest BCUT2D eigenvalue weighted by Crippen LogP contribution is 2.05. The van der Waals surface area contributed by atoms with Gasteiger partial charge in [0.1, 0.15) is 0 Å². The van der Waals surface area contributed by atoms with Crippen LogP contribution in [0.3, 0.4) is 0 Å². The van der Waals surface area contributed by atoms with Gasteiger partial charge >= 0.3 is 0 Å². The van der Waals surface area contributed by atoms with Gasteiger partial charge in [-0.3, -0.25) is 0 Å². The fourth-order valence-electron chi connectivity index (χ4n) is 1.04. The first-order valence-electron chi connectivity index (χ1n) is 4.36. The van der Waals surface area contributed by atoms with Crippen molar-refractivity contribution in [3.8, 4) is 0 Å². The molecule has 2 heteroatoms. The molecule has 0 unspecified atom stereocenters. The Morgan fingerprint density at radius 3 is 2.62 bits per heavy atom. The third-order valence-corrected chi connectivity index (χ3v) is 2.00. The standard InChI is InChI=1S/C11H15NO/c1-3-10(2)12(13)9-11-7-5-4-6-8-11/h3-8,10,13H,1,9H2,2H3/t10-/m0/s1. The van der Waals surface area contributed by atoms with Crippen molar-refractivity contribution in [1.82, 2.24) is 5.06 Å². The van der Waals surface area contributed by atoms with Crippen LogP contribution in [0.25, 0.3) is 0 Å². The van der Waals surface area contributed by atoms with E-state index in [4.69, 9.17) is 0 Å². The molecule has 0 fully saturated rings. The average molecular weight is 177 g/mol. The van der Waals surface area contributed by atoms with Crippen LogP contribution >= 0.6 is 0 Å². The maximum Gasteiger partial charge on any atom is 0.0503 e. The molecule has 0 amide bonds. The zero-order valence-electron chi connectivity index (χ0n) is 7.85. The molecule has 1 N–H and O–H groups in total. The summed E-state index contributed by atoms with van der Waals surface area (Å²) in [6, 6.07) is 9.84. The molecule has 1 rings (SSSR count). The summed E-state index contributed by atoms with van der Waals surface area (Å²) in [5.41, 5.74) is 1.10. The molecule has 1 atom stereocenters. The van der Waals surface area contributed by atoms with Crippen molar-refractivity contribution >= 4 is 0 Å². The van der Waals surface area contributed by atoms with Crippen molar-refractivity contribution in [2.45, 2.75) is 19.5 Å². The first-order chi connectivity index (χ1) is 6.24. The van der Waals surface area contributed by atoms with E-state index in [1.54, 1.807) is 6.08 Å². The quantitative estimate of drug-likeness (QED) is 0.564. The van der Waals surface area contributed by atoms with Gasteiger partial charge in [-0.2, -0.15) is 5.06 Å². The fraction of sp³-hybridized carbons (Fsp3) is 0.273. The lowest BCUT2D eigenvalue weighted by Gasteiger charge is -2.19. The molecule has 2 nitrogen and oxygen atoms in total. The molecule has 0 radical (unpaired) electrons. The lowest BCUT2D eigenvalue weighted by Crippen LogP contribution is -2.27. The smallest absolute Gasteiger partial charge is 0.0503 e. The fourth-order valence-corrected chi connectivity index (χ4v) is 1.04. The summed E-state index contributed by atoms with van der Waals surface area (Å²) in [5, 5.41) is 10.8. The Morgan fingerprint density at radius 1 is 1.46 bits per heavy atom. The molecule has 13 heavy (non-hydrogen) atoms. The van der Waals surface area contributed by atoms with Crippen molar-refractivity contribution in [2.75, 3.05) is 0 Å². The molecule has 0 aliphatic heterocycles. The lowest BCUT2D eigenvalue weighted by atomic mass is 10.2. The van der Waals surface area contributed by atoms with Gasteiger partial charge in [-0.1, -0.05) is 36.4 Å². The number of hydrogen-bond acceptors (Lipinski definition) is 2. The van der Waals surface area contributed by atoms with Crippen LogP contribution in [-0.2, 0) is 6.54 Å². The predicted octanol–water partition coefficient (Wildman–Crippen LogP) is 2.45. The van der Waals surface area contributed by atoms with Crippen LogP contribution in [0.4, 0.5) is 0 Å². The van der Waals surface area contributed by atoms with Crippen molar-refractivity contribution in [3.63, 3.8) is 0 Å². The largest absolute Gasteiger partial charge is 0.313 e. The number of benzene rings is 1.